The summed E-state index contributed by atoms with van der Waals surface area (Å²) >= 11 is 0. The molecule has 1 aliphatic rings. The third-order valence-electron chi connectivity index (χ3n) is 5.72. The Morgan fingerprint density at radius 1 is 0.897 bits per heavy atom. The fraction of sp³-hybridized carbons (Fsp3) is 0.917. The largest absolute Gasteiger partial charge is 0.394 e. The van der Waals surface area contributed by atoms with Crippen molar-refractivity contribution in [2.75, 3.05) is 19.8 Å². The maximum absolute atomic E-state index is 10.1. The average molecular weight is 415 g/mol. The van der Waals surface area contributed by atoms with Gasteiger partial charge in [-0.05, 0) is 32.1 Å². The van der Waals surface area contributed by atoms with Crippen molar-refractivity contribution in [1.29, 1.82) is 0 Å². The summed E-state index contributed by atoms with van der Waals surface area (Å²) in [5.41, 5.74) is 0. The van der Waals surface area contributed by atoms with Gasteiger partial charge in [0.2, 0.25) is 0 Å². The summed E-state index contributed by atoms with van der Waals surface area (Å²) in [6.45, 7) is 2.73. The highest BCUT2D eigenvalue weighted by atomic mass is 16.6. The second kappa shape index (κ2) is 18.3. The van der Waals surface area contributed by atoms with E-state index >= 15 is 0 Å². The zero-order valence-corrected chi connectivity index (χ0v) is 18.6. The van der Waals surface area contributed by atoms with Crippen LogP contribution in [0.5, 0.6) is 0 Å². The van der Waals surface area contributed by atoms with E-state index < -0.39 is 31.0 Å². The van der Waals surface area contributed by atoms with Crippen LogP contribution in [0.25, 0.3) is 0 Å². The molecule has 29 heavy (non-hydrogen) atoms. The summed E-state index contributed by atoms with van der Waals surface area (Å²) in [4.78, 5) is 0. The van der Waals surface area contributed by atoms with Crippen molar-refractivity contribution < 1.29 is 24.8 Å². The van der Waals surface area contributed by atoms with E-state index in [-0.39, 0.29) is 6.61 Å². The lowest BCUT2D eigenvalue weighted by molar-refractivity contribution is -0.0730. The molecule has 0 aliphatic carbocycles. The summed E-state index contributed by atoms with van der Waals surface area (Å²) in [7, 11) is 0. The van der Waals surface area contributed by atoms with Crippen LogP contribution in [0.2, 0.25) is 0 Å². The van der Waals surface area contributed by atoms with Crippen LogP contribution < -0.4 is 0 Å². The SMILES string of the molecule is CCCCCCCCC/C=C/CCCCCCCO[C@@H]1CO[C@@H]([C@@H](O)CO)[C@H]1O. The Balaban J connectivity index is 1.83. The number of hydrogen-bond donors (Lipinski definition) is 3. The molecule has 0 aromatic heterocycles. The summed E-state index contributed by atoms with van der Waals surface area (Å²) in [5, 5.41) is 28.6. The van der Waals surface area contributed by atoms with Crippen LogP contribution in [0.3, 0.4) is 0 Å². The molecule has 172 valence electrons. The highest BCUT2D eigenvalue weighted by molar-refractivity contribution is 4.88. The third-order valence-corrected chi connectivity index (χ3v) is 5.72. The minimum absolute atomic E-state index is 0.272. The van der Waals surface area contributed by atoms with Crippen molar-refractivity contribution >= 4 is 0 Å². The Bertz CT molecular complexity index is 387. The maximum Gasteiger partial charge on any atom is 0.114 e. The van der Waals surface area contributed by atoms with Crippen LogP contribution >= 0.6 is 0 Å². The number of ether oxygens (including phenoxy) is 2. The highest BCUT2D eigenvalue weighted by Gasteiger charge is 2.40. The molecule has 0 saturated carbocycles. The van der Waals surface area contributed by atoms with Gasteiger partial charge in [-0.1, -0.05) is 76.9 Å². The monoisotopic (exact) mass is 414 g/mol. The smallest absolute Gasteiger partial charge is 0.114 e. The van der Waals surface area contributed by atoms with E-state index in [0.717, 1.165) is 12.8 Å². The first-order chi connectivity index (χ1) is 14.2. The molecule has 0 unspecified atom stereocenters. The summed E-state index contributed by atoms with van der Waals surface area (Å²) in [6, 6.07) is 0. The van der Waals surface area contributed by atoms with Gasteiger partial charge >= 0.3 is 0 Å². The van der Waals surface area contributed by atoms with Crippen molar-refractivity contribution in [1.82, 2.24) is 0 Å². The molecule has 1 saturated heterocycles. The molecule has 0 aromatic rings. The summed E-state index contributed by atoms with van der Waals surface area (Å²) in [5.74, 6) is 0. The number of unbranched alkanes of at least 4 members (excludes halogenated alkanes) is 12. The van der Waals surface area contributed by atoms with Crippen LogP contribution in [-0.2, 0) is 9.47 Å². The van der Waals surface area contributed by atoms with Crippen molar-refractivity contribution in [3.63, 3.8) is 0 Å². The van der Waals surface area contributed by atoms with Crippen LogP contribution in [0, 0.1) is 0 Å². The normalized spacial score (nSPS) is 23.2. The van der Waals surface area contributed by atoms with Gasteiger partial charge in [0.1, 0.15) is 24.4 Å². The fourth-order valence-electron chi connectivity index (χ4n) is 3.79. The summed E-state index contributed by atoms with van der Waals surface area (Å²) in [6.07, 6.45) is 19.5. The van der Waals surface area contributed by atoms with Gasteiger partial charge in [-0.25, -0.2) is 0 Å². The third kappa shape index (κ3) is 12.7. The van der Waals surface area contributed by atoms with Crippen LogP contribution in [0.4, 0.5) is 0 Å². The van der Waals surface area contributed by atoms with Crippen molar-refractivity contribution in [2.24, 2.45) is 0 Å². The van der Waals surface area contributed by atoms with E-state index in [2.05, 4.69) is 19.1 Å². The Morgan fingerprint density at radius 2 is 1.45 bits per heavy atom. The first-order valence-corrected chi connectivity index (χ1v) is 12.1. The van der Waals surface area contributed by atoms with E-state index in [1.807, 2.05) is 0 Å². The van der Waals surface area contributed by atoms with Gasteiger partial charge in [0.25, 0.3) is 0 Å². The first kappa shape index (κ1) is 26.6. The lowest BCUT2D eigenvalue weighted by atomic mass is 10.1. The second-order valence-corrected chi connectivity index (χ2v) is 8.39. The number of aliphatic hydroxyl groups is 3. The van der Waals surface area contributed by atoms with Gasteiger partial charge in [-0.15, -0.1) is 0 Å². The molecule has 5 heteroatoms. The average Bonchev–Trinajstić information content (AvgIpc) is 3.10. The Kier molecular flexibility index (Phi) is 16.8. The van der Waals surface area contributed by atoms with Crippen LogP contribution in [-0.4, -0.2) is 59.6 Å². The molecule has 5 nitrogen and oxygen atoms in total. The van der Waals surface area contributed by atoms with Gasteiger partial charge in [0.15, 0.2) is 0 Å². The summed E-state index contributed by atoms with van der Waals surface area (Å²) < 4.78 is 11.0. The van der Waals surface area contributed by atoms with E-state index in [1.54, 1.807) is 0 Å². The second-order valence-electron chi connectivity index (χ2n) is 8.39. The van der Waals surface area contributed by atoms with Gasteiger partial charge in [0.05, 0.1) is 13.2 Å². The number of allylic oxidation sites excluding steroid dienone is 2. The van der Waals surface area contributed by atoms with E-state index in [9.17, 15) is 10.2 Å². The molecular weight excluding hydrogens is 368 g/mol. The van der Waals surface area contributed by atoms with E-state index in [1.165, 1.54) is 77.0 Å². The zero-order valence-electron chi connectivity index (χ0n) is 18.6. The molecule has 1 fully saturated rings. The minimum atomic E-state index is -1.05. The van der Waals surface area contributed by atoms with Crippen LogP contribution in [0.15, 0.2) is 12.2 Å². The quantitative estimate of drug-likeness (QED) is 0.214. The van der Waals surface area contributed by atoms with Gasteiger partial charge in [-0.2, -0.15) is 0 Å². The molecule has 4 atom stereocenters. The predicted octanol–water partition coefficient (Wildman–Crippen LogP) is 4.52. The number of rotatable bonds is 19. The van der Waals surface area contributed by atoms with Crippen molar-refractivity contribution in [3.05, 3.63) is 12.2 Å². The molecule has 1 rings (SSSR count). The predicted molar refractivity (Wildman–Crippen MR) is 118 cm³/mol. The first-order valence-electron chi connectivity index (χ1n) is 12.1. The molecule has 0 aromatic carbocycles. The number of hydrogen-bond acceptors (Lipinski definition) is 5. The van der Waals surface area contributed by atoms with Gasteiger partial charge in [0, 0.05) is 6.61 Å². The Labute approximate surface area is 178 Å². The van der Waals surface area contributed by atoms with E-state index in [0.29, 0.717) is 6.61 Å². The molecule has 1 aliphatic heterocycles. The Morgan fingerprint density at radius 3 is 2.03 bits per heavy atom. The molecular formula is C24H46O5. The molecule has 0 amide bonds. The Hall–Kier alpha value is -0.460. The highest BCUT2D eigenvalue weighted by Crippen LogP contribution is 2.20. The zero-order chi connectivity index (χ0) is 21.2. The molecule has 1 heterocycles. The maximum atomic E-state index is 10.1. The van der Waals surface area contributed by atoms with Gasteiger partial charge < -0.3 is 24.8 Å². The van der Waals surface area contributed by atoms with Crippen molar-refractivity contribution in [2.45, 2.75) is 121 Å². The van der Waals surface area contributed by atoms with E-state index in [4.69, 9.17) is 14.6 Å². The lowest BCUT2D eigenvalue weighted by Crippen LogP contribution is -2.41. The standard InChI is InChI=1S/C24H46O5/c1-2-3-4-5-6-7-8-9-10-11-12-13-14-15-16-17-18-28-22-20-29-24(23(22)27)21(26)19-25/h10-11,21-27H,2-9,12-20H2,1H3/b11-10+/t21-,22+,23-,24-/m0/s1. The minimum Gasteiger partial charge on any atom is -0.394 e. The topological polar surface area (TPSA) is 79.2 Å². The van der Waals surface area contributed by atoms with Gasteiger partial charge in [-0.3, -0.25) is 0 Å². The van der Waals surface area contributed by atoms with Crippen molar-refractivity contribution in [3.8, 4) is 0 Å². The molecule has 0 bridgehead atoms. The number of aliphatic hydroxyl groups excluding tert-OH is 3. The molecule has 0 spiro atoms. The molecule has 0 radical (unpaired) electrons. The molecule has 3 N–H and O–H groups in total. The van der Waals surface area contributed by atoms with Crippen LogP contribution in [0.1, 0.15) is 96.8 Å². The lowest BCUT2D eigenvalue weighted by Gasteiger charge is -2.20. The fourth-order valence-corrected chi connectivity index (χ4v) is 3.79.